The molecule has 0 bridgehead atoms. The lowest BCUT2D eigenvalue weighted by atomic mass is 10.2. The summed E-state index contributed by atoms with van der Waals surface area (Å²) in [5.74, 6) is -0.738. The van der Waals surface area contributed by atoms with E-state index in [0.717, 1.165) is 11.0 Å². The number of halogens is 1. The Hall–Kier alpha value is -2.89. The van der Waals surface area contributed by atoms with Crippen LogP contribution in [0.4, 0.5) is 15.8 Å². The Morgan fingerprint density at radius 1 is 1.29 bits per heavy atom. The molecule has 5 nitrogen and oxygen atoms in total. The van der Waals surface area contributed by atoms with Gasteiger partial charge >= 0.3 is 0 Å². The molecule has 1 amide bonds. The summed E-state index contributed by atoms with van der Waals surface area (Å²) in [6, 6.07) is 11.6. The summed E-state index contributed by atoms with van der Waals surface area (Å²) in [4.78, 5) is 16.2. The first-order chi connectivity index (χ1) is 10.1. The summed E-state index contributed by atoms with van der Waals surface area (Å²) >= 11 is 0. The summed E-state index contributed by atoms with van der Waals surface area (Å²) in [7, 11) is 0. The Kier molecular flexibility index (Phi) is 3.27. The fraction of sp³-hybridized carbons (Fsp3) is 0.0667. The number of nitrogens with one attached hydrogen (secondary N) is 1. The molecule has 0 spiro atoms. The minimum atomic E-state index is -0.506. The van der Waals surface area contributed by atoms with Crippen molar-refractivity contribution in [1.29, 1.82) is 0 Å². The van der Waals surface area contributed by atoms with Gasteiger partial charge in [0, 0.05) is 5.69 Å². The first-order valence-corrected chi connectivity index (χ1v) is 6.38. The molecular formula is C15H13FN4O. The molecule has 0 aliphatic carbocycles. The second-order valence-corrected chi connectivity index (χ2v) is 4.65. The smallest absolute Gasteiger partial charge is 0.244 e. The second-order valence-electron chi connectivity index (χ2n) is 4.65. The van der Waals surface area contributed by atoms with E-state index in [-0.39, 0.29) is 18.1 Å². The molecule has 6 heteroatoms. The lowest BCUT2D eigenvalue weighted by Gasteiger charge is -2.07. The molecule has 2 aromatic carbocycles. The summed E-state index contributed by atoms with van der Waals surface area (Å²) in [6.07, 6.45) is 1.61. The molecule has 21 heavy (non-hydrogen) atoms. The topological polar surface area (TPSA) is 72.9 Å². The number of imidazole rings is 1. The SMILES string of the molecule is Nc1cc(NC(=O)Cn2cnc3ccccc32)ccc1F. The number of carbonyl (C=O) groups is 1. The third-order valence-corrected chi connectivity index (χ3v) is 3.12. The molecule has 1 aromatic heterocycles. The van der Waals surface area contributed by atoms with E-state index in [2.05, 4.69) is 10.3 Å². The third kappa shape index (κ3) is 2.69. The summed E-state index contributed by atoms with van der Waals surface area (Å²) in [5, 5.41) is 2.68. The highest BCUT2D eigenvalue weighted by molar-refractivity contribution is 5.92. The van der Waals surface area contributed by atoms with Gasteiger partial charge in [-0.25, -0.2) is 9.37 Å². The molecule has 0 aliphatic heterocycles. The van der Waals surface area contributed by atoms with Gasteiger partial charge in [-0.3, -0.25) is 4.79 Å². The van der Waals surface area contributed by atoms with E-state index in [9.17, 15) is 9.18 Å². The number of benzene rings is 2. The van der Waals surface area contributed by atoms with Crippen LogP contribution in [0.25, 0.3) is 11.0 Å². The zero-order valence-electron chi connectivity index (χ0n) is 11.1. The highest BCUT2D eigenvalue weighted by Crippen LogP contribution is 2.17. The molecule has 3 rings (SSSR count). The lowest BCUT2D eigenvalue weighted by molar-refractivity contribution is -0.116. The van der Waals surface area contributed by atoms with E-state index in [1.807, 2.05) is 24.3 Å². The largest absolute Gasteiger partial charge is 0.396 e. The third-order valence-electron chi connectivity index (χ3n) is 3.12. The van der Waals surface area contributed by atoms with Gasteiger partial charge in [0.2, 0.25) is 5.91 Å². The van der Waals surface area contributed by atoms with Crippen molar-refractivity contribution < 1.29 is 9.18 Å². The number of nitrogen functional groups attached to an aromatic ring is 1. The molecule has 0 fully saturated rings. The van der Waals surface area contributed by atoms with Crippen LogP contribution in [0.15, 0.2) is 48.8 Å². The number of carbonyl (C=O) groups excluding carboxylic acids is 1. The van der Waals surface area contributed by atoms with Crippen molar-refractivity contribution in [2.45, 2.75) is 6.54 Å². The molecule has 106 valence electrons. The van der Waals surface area contributed by atoms with E-state index in [1.54, 1.807) is 10.9 Å². The van der Waals surface area contributed by atoms with Crippen LogP contribution in [0, 0.1) is 5.82 Å². The second kappa shape index (κ2) is 5.24. The summed E-state index contributed by atoms with van der Waals surface area (Å²) < 4.78 is 14.8. The van der Waals surface area contributed by atoms with Gasteiger partial charge in [0.1, 0.15) is 12.4 Å². The molecular weight excluding hydrogens is 271 g/mol. The predicted octanol–water partition coefficient (Wildman–Crippen LogP) is 2.40. The summed E-state index contributed by atoms with van der Waals surface area (Å²) in [6.45, 7) is 0.123. The maximum atomic E-state index is 13.1. The first kappa shape index (κ1) is 13.1. The van der Waals surface area contributed by atoms with Crippen LogP contribution in [-0.2, 0) is 11.3 Å². The maximum absolute atomic E-state index is 13.1. The van der Waals surface area contributed by atoms with E-state index >= 15 is 0 Å². The van der Waals surface area contributed by atoms with E-state index < -0.39 is 5.82 Å². The van der Waals surface area contributed by atoms with Gasteiger partial charge in [-0.2, -0.15) is 0 Å². The predicted molar refractivity (Wildman–Crippen MR) is 79.2 cm³/mol. The van der Waals surface area contributed by atoms with Crippen molar-refractivity contribution in [3.8, 4) is 0 Å². The number of nitrogens with zero attached hydrogens (tertiary/aromatic N) is 2. The minimum absolute atomic E-state index is 0.000815. The molecule has 0 atom stereocenters. The van der Waals surface area contributed by atoms with Crippen LogP contribution in [-0.4, -0.2) is 15.5 Å². The van der Waals surface area contributed by atoms with E-state index in [1.165, 1.54) is 18.2 Å². The van der Waals surface area contributed by atoms with Gasteiger partial charge in [-0.15, -0.1) is 0 Å². The number of anilines is 2. The Bertz CT molecular complexity index is 812. The minimum Gasteiger partial charge on any atom is -0.396 e. The lowest BCUT2D eigenvalue weighted by Crippen LogP contribution is -2.18. The number of rotatable bonds is 3. The molecule has 0 aliphatic rings. The monoisotopic (exact) mass is 284 g/mol. The molecule has 1 heterocycles. The van der Waals surface area contributed by atoms with Crippen LogP contribution < -0.4 is 11.1 Å². The Balaban J connectivity index is 1.75. The van der Waals surface area contributed by atoms with Gasteiger partial charge in [-0.1, -0.05) is 12.1 Å². The zero-order chi connectivity index (χ0) is 14.8. The molecule has 0 saturated carbocycles. The fourth-order valence-corrected chi connectivity index (χ4v) is 2.11. The van der Waals surface area contributed by atoms with Gasteiger partial charge < -0.3 is 15.6 Å². The molecule has 3 aromatic rings. The average molecular weight is 284 g/mol. The van der Waals surface area contributed by atoms with Crippen molar-refractivity contribution in [1.82, 2.24) is 9.55 Å². The number of hydrogen-bond donors (Lipinski definition) is 2. The van der Waals surface area contributed by atoms with Crippen molar-refractivity contribution >= 4 is 28.3 Å². The maximum Gasteiger partial charge on any atom is 0.244 e. The van der Waals surface area contributed by atoms with Crippen molar-refractivity contribution in [2.24, 2.45) is 0 Å². The number of para-hydroxylation sites is 2. The Morgan fingerprint density at radius 3 is 2.90 bits per heavy atom. The Morgan fingerprint density at radius 2 is 2.10 bits per heavy atom. The number of aromatic nitrogens is 2. The van der Waals surface area contributed by atoms with E-state index in [4.69, 9.17) is 5.73 Å². The highest BCUT2D eigenvalue weighted by Gasteiger charge is 2.08. The first-order valence-electron chi connectivity index (χ1n) is 6.38. The van der Waals surface area contributed by atoms with Crippen LogP contribution in [0.1, 0.15) is 0 Å². The standard InChI is InChI=1S/C15H13FN4O/c16-11-6-5-10(7-12(11)17)19-15(21)8-20-9-18-13-3-1-2-4-14(13)20/h1-7,9H,8,17H2,(H,19,21). The highest BCUT2D eigenvalue weighted by atomic mass is 19.1. The van der Waals surface area contributed by atoms with Gasteiger partial charge in [-0.05, 0) is 30.3 Å². The zero-order valence-corrected chi connectivity index (χ0v) is 11.1. The van der Waals surface area contributed by atoms with Crippen LogP contribution in [0.5, 0.6) is 0 Å². The van der Waals surface area contributed by atoms with Gasteiger partial charge in [0.05, 0.1) is 23.0 Å². The van der Waals surface area contributed by atoms with Crippen LogP contribution in [0.2, 0.25) is 0 Å². The molecule has 3 N–H and O–H groups in total. The van der Waals surface area contributed by atoms with Crippen molar-refractivity contribution in [2.75, 3.05) is 11.1 Å². The quantitative estimate of drug-likeness (QED) is 0.725. The van der Waals surface area contributed by atoms with E-state index in [0.29, 0.717) is 5.69 Å². The fourth-order valence-electron chi connectivity index (χ4n) is 2.11. The molecule has 0 saturated heterocycles. The Labute approximate surface area is 120 Å². The number of amides is 1. The van der Waals surface area contributed by atoms with Crippen LogP contribution in [0.3, 0.4) is 0 Å². The van der Waals surface area contributed by atoms with Gasteiger partial charge in [0.15, 0.2) is 0 Å². The average Bonchev–Trinajstić information content (AvgIpc) is 2.86. The number of hydrogen-bond acceptors (Lipinski definition) is 3. The van der Waals surface area contributed by atoms with Crippen LogP contribution >= 0.6 is 0 Å². The molecule has 0 radical (unpaired) electrons. The van der Waals surface area contributed by atoms with Gasteiger partial charge in [0.25, 0.3) is 0 Å². The number of nitrogens with two attached hydrogens (primary N) is 1. The van der Waals surface area contributed by atoms with Crippen molar-refractivity contribution in [3.63, 3.8) is 0 Å². The molecule has 0 unspecified atom stereocenters. The number of fused-ring (bicyclic) bond motifs is 1. The normalized spacial score (nSPS) is 10.7. The summed E-state index contributed by atoms with van der Waals surface area (Å²) in [5.41, 5.74) is 7.64. The van der Waals surface area contributed by atoms with Crippen molar-refractivity contribution in [3.05, 3.63) is 54.6 Å².